The lowest BCUT2D eigenvalue weighted by Gasteiger charge is -2.09. The maximum Gasteiger partial charge on any atom is 0.335 e. The lowest BCUT2D eigenvalue weighted by Crippen LogP contribution is -2.02. The van der Waals surface area contributed by atoms with Crippen molar-refractivity contribution >= 4 is 5.97 Å². The second-order valence-corrected chi connectivity index (χ2v) is 4.69. The van der Waals surface area contributed by atoms with E-state index in [-0.39, 0.29) is 12.2 Å². The summed E-state index contributed by atoms with van der Waals surface area (Å²) in [4.78, 5) is 10.9. The molecule has 3 nitrogen and oxygen atoms in total. The third-order valence-electron chi connectivity index (χ3n) is 3.09. The van der Waals surface area contributed by atoms with E-state index >= 15 is 0 Å². The number of hydrogen-bond acceptors (Lipinski definition) is 2. The zero-order valence-corrected chi connectivity index (χ0v) is 11.3. The van der Waals surface area contributed by atoms with E-state index in [2.05, 4.69) is 0 Å². The zero-order chi connectivity index (χ0) is 14.7. The van der Waals surface area contributed by atoms with Gasteiger partial charge in [-0.2, -0.15) is 0 Å². The van der Waals surface area contributed by atoms with Gasteiger partial charge in [0.2, 0.25) is 0 Å². The molecule has 0 fully saturated rings. The molecule has 0 aliphatic rings. The standard InChI is InChI=1S/C16H15FO3/c1-10-3-4-15(5-11(10)2)20-9-12-6-13(16(18)19)8-14(17)7-12/h3-8H,9H2,1-2H3,(H,18,19). The van der Waals surface area contributed by atoms with Crippen LogP contribution in [0, 0.1) is 19.7 Å². The summed E-state index contributed by atoms with van der Waals surface area (Å²) < 4.78 is 18.9. The molecule has 1 N–H and O–H groups in total. The normalized spacial score (nSPS) is 10.3. The molecule has 4 heteroatoms. The topological polar surface area (TPSA) is 46.5 Å². The largest absolute Gasteiger partial charge is 0.489 e. The predicted octanol–water partition coefficient (Wildman–Crippen LogP) is 3.72. The average molecular weight is 274 g/mol. The van der Waals surface area contributed by atoms with E-state index in [0.29, 0.717) is 11.3 Å². The van der Waals surface area contributed by atoms with Crippen LogP contribution in [0.2, 0.25) is 0 Å². The van der Waals surface area contributed by atoms with Crippen molar-refractivity contribution < 1.29 is 19.0 Å². The molecule has 0 amide bonds. The van der Waals surface area contributed by atoms with Crippen LogP contribution in [0.1, 0.15) is 27.0 Å². The van der Waals surface area contributed by atoms with Crippen LogP contribution >= 0.6 is 0 Å². The molecule has 2 aromatic rings. The number of carbonyl (C=O) groups is 1. The molecule has 0 heterocycles. The van der Waals surface area contributed by atoms with Crippen molar-refractivity contribution in [3.8, 4) is 5.75 Å². The van der Waals surface area contributed by atoms with E-state index in [0.717, 1.165) is 17.2 Å². The van der Waals surface area contributed by atoms with Crippen LogP contribution in [0.3, 0.4) is 0 Å². The molecule has 20 heavy (non-hydrogen) atoms. The van der Waals surface area contributed by atoms with Crippen molar-refractivity contribution in [2.45, 2.75) is 20.5 Å². The first-order chi connectivity index (χ1) is 9.45. The number of halogens is 1. The second kappa shape index (κ2) is 5.74. The van der Waals surface area contributed by atoms with Crippen molar-refractivity contribution in [1.82, 2.24) is 0 Å². The van der Waals surface area contributed by atoms with E-state index in [4.69, 9.17) is 9.84 Å². The molecule has 0 aromatic heterocycles. The van der Waals surface area contributed by atoms with Crippen molar-refractivity contribution in [2.24, 2.45) is 0 Å². The van der Waals surface area contributed by atoms with Gasteiger partial charge < -0.3 is 9.84 Å². The smallest absolute Gasteiger partial charge is 0.335 e. The maximum absolute atomic E-state index is 13.3. The molecule has 0 saturated heterocycles. The number of rotatable bonds is 4. The molecule has 2 aromatic carbocycles. The van der Waals surface area contributed by atoms with Crippen LogP contribution in [0.25, 0.3) is 0 Å². The van der Waals surface area contributed by atoms with E-state index < -0.39 is 11.8 Å². The van der Waals surface area contributed by atoms with Gasteiger partial charge in [0.25, 0.3) is 0 Å². The lowest BCUT2D eigenvalue weighted by atomic mass is 10.1. The van der Waals surface area contributed by atoms with Crippen LogP contribution in [0.4, 0.5) is 4.39 Å². The molecule has 0 atom stereocenters. The zero-order valence-electron chi connectivity index (χ0n) is 11.3. The van der Waals surface area contributed by atoms with Crippen molar-refractivity contribution in [1.29, 1.82) is 0 Å². The fourth-order valence-electron chi connectivity index (χ4n) is 1.83. The van der Waals surface area contributed by atoms with Gasteiger partial charge in [-0.25, -0.2) is 9.18 Å². The number of aryl methyl sites for hydroxylation is 2. The fraction of sp³-hybridized carbons (Fsp3) is 0.188. The van der Waals surface area contributed by atoms with Gasteiger partial charge >= 0.3 is 5.97 Å². The SMILES string of the molecule is Cc1ccc(OCc2cc(F)cc(C(=O)O)c2)cc1C. The fourth-order valence-corrected chi connectivity index (χ4v) is 1.83. The van der Waals surface area contributed by atoms with Gasteiger partial charge in [0.1, 0.15) is 18.2 Å². The summed E-state index contributed by atoms with van der Waals surface area (Å²) in [5.74, 6) is -1.06. The summed E-state index contributed by atoms with van der Waals surface area (Å²) >= 11 is 0. The van der Waals surface area contributed by atoms with E-state index in [1.54, 1.807) is 0 Å². The quantitative estimate of drug-likeness (QED) is 0.924. The Labute approximate surface area is 116 Å². The van der Waals surface area contributed by atoms with Gasteiger partial charge in [-0.05, 0) is 60.9 Å². The molecular weight excluding hydrogens is 259 g/mol. The van der Waals surface area contributed by atoms with E-state index in [9.17, 15) is 9.18 Å². The Morgan fingerprint density at radius 2 is 1.90 bits per heavy atom. The third-order valence-corrected chi connectivity index (χ3v) is 3.09. The molecule has 104 valence electrons. The summed E-state index contributed by atoms with van der Waals surface area (Å²) in [5.41, 5.74) is 2.67. The molecule has 0 unspecified atom stereocenters. The molecule has 0 saturated carbocycles. The minimum atomic E-state index is -1.16. The third kappa shape index (κ3) is 3.35. The molecule has 0 bridgehead atoms. The second-order valence-electron chi connectivity index (χ2n) is 4.69. The van der Waals surface area contributed by atoms with Gasteiger partial charge in [0, 0.05) is 0 Å². The van der Waals surface area contributed by atoms with Gasteiger partial charge in [-0.3, -0.25) is 0 Å². The number of ether oxygens (including phenoxy) is 1. The van der Waals surface area contributed by atoms with E-state index in [1.807, 2.05) is 32.0 Å². The number of carboxylic acids is 1. The number of hydrogen-bond donors (Lipinski definition) is 1. The molecule has 0 spiro atoms. The van der Waals surface area contributed by atoms with Crippen molar-refractivity contribution in [3.05, 3.63) is 64.5 Å². The highest BCUT2D eigenvalue weighted by Gasteiger charge is 2.07. The summed E-state index contributed by atoms with van der Waals surface area (Å²) in [6, 6.07) is 9.34. The molecule has 0 aliphatic carbocycles. The van der Waals surface area contributed by atoms with Crippen LogP contribution in [-0.2, 0) is 6.61 Å². The monoisotopic (exact) mass is 274 g/mol. The van der Waals surface area contributed by atoms with Gasteiger partial charge in [-0.1, -0.05) is 6.07 Å². The predicted molar refractivity (Wildman–Crippen MR) is 73.6 cm³/mol. The Hall–Kier alpha value is -2.36. The summed E-state index contributed by atoms with van der Waals surface area (Å²) in [5, 5.41) is 8.88. The Morgan fingerprint density at radius 1 is 1.15 bits per heavy atom. The first-order valence-corrected chi connectivity index (χ1v) is 6.18. The Kier molecular flexibility index (Phi) is 4.03. The molecular formula is C16H15FO3. The Balaban J connectivity index is 2.14. The minimum absolute atomic E-state index is 0.0799. The first-order valence-electron chi connectivity index (χ1n) is 6.18. The van der Waals surface area contributed by atoms with Crippen LogP contribution in [0.5, 0.6) is 5.75 Å². The lowest BCUT2D eigenvalue weighted by molar-refractivity contribution is 0.0696. The van der Waals surface area contributed by atoms with Gasteiger partial charge in [-0.15, -0.1) is 0 Å². The highest BCUT2D eigenvalue weighted by molar-refractivity contribution is 5.87. The highest BCUT2D eigenvalue weighted by atomic mass is 19.1. The summed E-state index contributed by atoms with van der Waals surface area (Å²) in [6.07, 6.45) is 0. The molecule has 2 rings (SSSR count). The van der Waals surface area contributed by atoms with E-state index in [1.165, 1.54) is 12.1 Å². The van der Waals surface area contributed by atoms with Gasteiger partial charge in [0.15, 0.2) is 0 Å². The van der Waals surface area contributed by atoms with Crippen LogP contribution in [-0.4, -0.2) is 11.1 Å². The number of aromatic carboxylic acids is 1. The average Bonchev–Trinajstić information content (AvgIpc) is 2.39. The molecule has 0 aliphatic heterocycles. The number of carboxylic acid groups (broad SMARTS) is 1. The van der Waals surface area contributed by atoms with Crippen LogP contribution < -0.4 is 4.74 Å². The van der Waals surface area contributed by atoms with Crippen LogP contribution in [0.15, 0.2) is 36.4 Å². The van der Waals surface area contributed by atoms with Crippen molar-refractivity contribution in [2.75, 3.05) is 0 Å². The molecule has 0 radical (unpaired) electrons. The summed E-state index contributed by atoms with van der Waals surface area (Å²) in [7, 11) is 0. The Morgan fingerprint density at radius 3 is 2.55 bits per heavy atom. The van der Waals surface area contributed by atoms with Gasteiger partial charge in [0.05, 0.1) is 5.56 Å². The summed E-state index contributed by atoms with van der Waals surface area (Å²) in [6.45, 7) is 4.11. The maximum atomic E-state index is 13.3. The highest BCUT2D eigenvalue weighted by Crippen LogP contribution is 2.18. The first kappa shape index (κ1) is 14.1. The number of benzene rings is 2. The Bertz CT molecular complexity index is 650. The minimum Gasteiger partial charge on any atom is -0.489 e. The van der Waals surface area contributed by atoms with Crippen molar-refractivity contribution in [3.63, 3.8) is 0 Å².